The Morgan fingerprint density at radius 2 is 2.20 bits per heavy atom. The topological polar surface area (TPSA) is 80.5 Å². The van der Waals surface area contributed by atoms with Gasteiger partial charge in [-0.25, -0.2) is 4.98 Å². The summed E-state index contributed by atoms with van der Waals surface area (Å²) >= 11 is 1.39. The molecule has 2 aliphatic heterocycles. The van der Waals surface area contributed by atoms with Gasteiger partial charge < -0.3 is 20.7 Å². The summed E-state index contributed by atoms with van der Waals surface area (Å²) in [6.45, 7) is 3.38. The van der Waals surface area contributed by atoms with E-state index in [-0.39, 0.29) is 11.9 Å². The van der Waals surface area contributed by atoms with Gasteiger partial charge in [-0.1, -0.05) is 11.3 Å². The normalized spacial score (nSPS) is 23.0. The van der Waals surface area contributed by atoms with Crippen LogP contribution in [-0.2, 0) is 4.74 Å². The van der Waals surface area contributed by atoms with Crippen molar-refractivity contribution in [3.05, 3.63) is 4.88 Å². The molecular weight excluding hydrogens is 276 g/mol. The number of thiazole rings is 1. The first-order valence-corrected chi connectivity index (χ1v) is 7.95. The van der Waals surface area contributed by atoms with E-state index in [1.54, 1.807) is 0 Å². The minimum absolute atomic E-state index is 0.0907. The first-order chi connectivity index (χ1) is 9.74. The minimum atomic E-state index is -0.124. The fourth-order valence-electron chi connectivity index (χ4n) is 2.63. The van der Waals surface area contributed by atoms with Gasteiger partial charge in [0.2, 0.25) is 0 Å². The molecular formula is C13H20N4O2S. The predicted octanol–water partition coefficient (Wildman–Crippen LogP) is 1.23. The Kier molecular flexibility index (Phi) is 4.07. The molecule has 1 unspecified atom stereocenters. The number of carbonyl (C=O) groups is 1. The molecule has 0 radical (unpaired) electrons. The molecule has 3 heterocycles. The molecule has 0 aromatic carbocycles. The van der Waals surface area contributed by atoms with Gasteiger partial charge in [-0.2, -0.15) is 0 Å². The highest BCUT2D eigenvalue weighted by Gasteiger charge is 2.24. The number of hydrogen-bond acceptors (Lipinski definition) is 6. The molecule has 2 aliphatic rings. The lowest BCUT2D eigenvalue weighted by Crippen LogP contribution is -2.40. The summed E-state index contributed by atoms with van der Waals surface area (Å²) in [5.74, 6) is 0.215. The Balaban J connectivity index is 1.67. The van der Waals surface area contributed by atoms with Crippen molar-refractivity contribution in [1.82, 2.24) is 10.3 Å². The van der Waals surface area contributed by atoms with E-state index >= 15 is 0 Å². The molecule has 1 amide bonds. The number of nitrogens with one attached hydrogen (secondary N) is 1. The van der Waals surface area contributed by atoms with E-state index in [1.807, 2.05) is 0 Å². The van der Waals surface area contributed by atoms with Crippen LogP contribution in [0.3, 0.4) is 0 Å². The number of nitrogens with zero attached hydrogens (tertiary/aromatic N) is 2. The van der Waals surface area contributed by atoms with Gasteiger partial charge >= 0.3 is 0 Å². The van der Waals surface area contributed by atoms with E-state index in [9.17, 15) is 4.79 Å². The van der Waals surface area contributed by atoms with E-state index in [2.05, 4.69) is 15.2 Å². The van der Waals surface area contributed by atoms with Crippen LogP contribution in [0.15, 0.2) is 0 Å². The Labute approximate surface area is 122 Å². The molecule has 20 heavy (non-hydrogen) atoms. The van der Waals surface area contributed by atoms with E-state index < -0.39 is 0 Å². The van der Waals surface area contributed by atoms with Gasteiger partial charge in [0.05, 0.1) is 12.6 Å². The fraction of sp³-hybridized carbons (Fsp3) is 0.692. The highest BCUT2D eigenvalue weighted by molar-refractivity contribution is 7.18. The van der Waals surface area contributed by atoms with Crippen LogP contribution in [0.1, 0.15) is 35.4 Å². The molecule has 110 valence electrons. The maximum absolute atomic E-state index is 12.3. The van der Waals surface area contributed by atoms with Crippen LogP contribution in [0, 0.1) is 0 Å². The molecule has 2 fully saturated rings. The standard InChI is InChI=1S/C13H20N4O2S/c14-11-10(12(18)15-9-4-3-7-19-8-9)20-13(16-11)17-5-1-2-6-17/h9H,1-8,14H2,(H,15,18). The second-order valence-corrected chi connectivity index (χ2v) is 6.27. The summed E-state index contributed by atoms with van der Waals surface area (Å²) in [4.78, 5) is 19.3. The van der Waals surface area contributed by atoms with Crippen molar-refractivity contribution in [3.63, 3.8) is 0 Å². The second kappa shape index (κ2) is 5.97. The molecule has 3 rings (SSSR count). The van der Waals surface area contributed by atoms with Gasteiger partial charge in [0, 0.05) is 19.7 Å². The molecule has 1 atom stereocenters. The third-order valence-electron chi connectivity index (χ3n) is 3.72. The average molecular weight is 296 g/mol. The number of rotatable bonds is 3. The van der Waals surface area contributed by atoms with E-state index in [0.717, 1.165) is 37.7 Å². The monoisotopic (exact) mass is 296 g/mol. The predicted molar refractivity (Wildman–Crippen MR) is 79.3 cm³/mol. The summed E-state index contributed by atoms with van der Waals surface area (Å²) in [6.07, 6.45) is 4.31. The maximum Gasteiger partial charge on any atom is 0.265 e. The molecule has 6 nitrogen and oxygen atoms in total. The Morgan fingerprint density at radius 1 is 1.40 bits per heavy atom. The Bertz CT molecular complexity index is 479. The lowest BCUT2D eigenvalue weighted by atomic mass is 10.1. The van der Waals surface area contributed by atoms with Crippen molar-refractivity contribution in [2.24, 2.45) is 0 Å². The number of nitrogens with two attached hydrogens (primary N) is 1. The molecule has 3 N–H and O–H groups in total. The van der Waals surface area contributed by atoms with Crippen molar-refractivity contribution in [3.8, 4) is 0 Å². The number of anilines is 2. The van der Waals surface area contributed by atoms with E-state index in [4.69, 9.17) is 10.5 Å². The van der Waals surface area contributed by atoms with Crippen LogP contribution < -0.4 is 16.0 Å². The second-order valence-electron chi connectivity index (χ2n) is 5.29. The molecule has 0 bridgehead atoms. The third-order valence-corrected chi connectivity index (χ3v) is 4.85. The molecule has 2 saturated heterocycles. The van der Waals surface area contributed by atoms with Crippen molar-refractivity contribution in [2.45, 2.75) is 31.7 Å². The Hall–Kier alpha value is -1.34. The molecule has 0 spiro atoms. The van der Waals surface area contributed by atoms with Gasteiger partial charge in [0.25, 0.3) is 5.91 Å². The average Bonchev–Trinajstić information content (AvgIpc) is 3.08. The third kappa shape index (κ3) is 2.88. The quantitative estimate of drug-likeness (QED) is 0.877. The van der Waals surface area contributed by atoms with E-state index in [0.29, 0.717) is 17.3 Å². The van der Waals surface area contributed by atoms with Crippen LogP contribution in [0.25, 0.3) is 0 Å². The number of aromatic nitrogens is 1. The molecule has 7 heteroatoms. The first kappa shape index (κ1) is 13.6. The fourth-order valence-corrected chi connectivity index (χ4v) is 3.57. The van der Waals surface area contributed by atoms with Crippen molar-refractivity contribution in [2.75, 3.05) is 36.9 Å². The van der Waals surface area contributed by atoms with E-state index in [1.165, 1.54) is 24.2 Å². The summed E-state index contributed by atoms with van der Waals surface area (Å²) < 4.78 is 5.37. The van der Waals surface area contributed by atoms with Crippen molar-refractivity contribution < 1.29 is 9.53 Å². The number of carbonyl (C=O) groups excluding carboxylic acids is 1. The van der Waals surface area contributed by atoms with Crippen LogP contribution >= 0.6 is 11.3 Å². The number of amides is 1. The lowest BCUT2D eigenvalue weighted by molar-refractivity contribution is 0.0626. The van der Waals surface area contributed by atoms with Crippen LogP contribution in [0.5, 0.6) is 0 Å². The van der Waals surface area contributed by atoms with Gasteiger partial charge in [-0.05, 0) is 25.7 Å². The van der Waals surface area contributed by atoms with Crippen LogP contribution in [0.4, 0.5) is 10.9 Å². The van der Waals surface area contributed by atoms with Gasteiger partial charge in [0.15, 0.2) is 5.13 Å². The smallest absolute Gasteiger partial charge is 0.265 e. The highest BCUT2D eigenvalue weighted by atomic mass is 32.1. The van der Waals surface area contributed by atoms with Crippen LogP contribution in [0.2, 0.25) is 0 Å². The number of ether oxygens (including phenoxy) is 1. The highest BCUT2D eigenvalue weighted by Crippen LogP contribution is 2.30. The molecule has 1 aromatic heterocycles. The molecule has 0 aliphatic carbocycles. The van der Waals surface area contributed by atoms with Gasteiger partial charge in [0.1, 0.15) is 10.7 Å². The van der Waals surface area contributed by atoms with Gasteiger partial charge in [-0.15, -0.1) is 0 Å². The first-order valence-electron chi connectivity index (χ1n) is 7.14. The van der Waals surface area contributed by atoms with Crippen molar-refractivity contribution >= 4 is 28.2 Å². The zero-order chi connectivity index (χ0) is 13.9. The van der Waals surface area contributed by atoms with Crippen LogP contribution in [-0.4, -0.2) is 43.2 Å². The Morgan fingerprint density at radius 3 is 2.90 bits per heavy atom. The molecule has 1 aromatic rings. The minimum Gasteiger partial charge on any atom is -0.382 e. The maximum atomic E-state index is 12.3. The summed E-state index contributed by atoms with van der Waals surface area (Å²) in [5, 5.41) is 3.85. The number of nitrogen functional groups attached to an aromatic ring is 1. The van der Waals surface area contributed by atoms with Gasteiger partial charge in [-0.3, -0.25) is 4.79 Å². The number of hydrogen-bond donors (Lipinski definition) is 2. The lowest BCUT2D eigenvalue weighted by Gasteiger charge is -2.22. The molecule has 0 saturated carbocycles. The zero-order valence-electron chi connectivity index (χ0n) is 11.4. The largest absolute Gasteiger partial charge is 0.382 e. The summed E-state index contributed by atoms with van der Waals surface area (Å²) in [6, 6.07) is 0.0907. The SMILES string of the molecule is Nc1nc(N2CCCC2)sc1C(=O)NC1CCCOC1. The summed E-state index contributed by atoms with van der Waals surface area (Å²) in [5.41, 5.74) is 5.90. The van der Waals surface area contributed by atoms with Crippen molar-refractivity contribution in [1.29, 1.82) is 0 Å². The summed E-state index contributed by atoms with van der Waals surface area (Å²) in [7, 11) is 0. The zero-order valence-corrected chi connectivity index (χ0v) is 12.2.